The quantitative estimate of drug-likeness (QED) is 0.582. The molecule has 3 amide bonds. The molecule has 0 radical (unpaired) electrons. The first-order valence-corrected chi connectivity index (χ1v) is 7.35. The van der Waals surface area contributed by atoms with Gasteiger partial charge in [-0.1, -0.05) is 6.07 Å². The van der Waals surface area contributed by atoms with E-state index in [1.165, 1.54) is 7.11 Å². The number of ether oxygens (including phenoxy) is 1. The zero-order valence-electron chi connectivity index (χ0n) is 12.4. The first-order valence-electron chi connectivity index (χ1n) is 6.59. The van der Waals surface area contributed by atoms with E-state index < -0.39 is 21.7 Å². The van der Waals surface area contributed by atoms with E-state index in [1.54, 1.807) is 19.1 Å². The van der Waals surface area contributed by atoms with Crippen molar-refractivity contribution in [1.82, 2.24) is 10.9 Å². The van der Waals surface area contributed by atoms with Gasteiger partial charge in [0.2, 0.25) is 5.91 Å². The monoisotopic (exact) mass is 345 g/mol. The molecular formula is C14H17Cl2N3O3. The van der Waals surface area contributed by atoms with Gasteiger partial charge < -0.3 is 10.1 Å². The van der Waals surface area contributed by atoms with Crippen LogP contribution in [0.2, 0.25) is 0 Å². The SMILES string of the molecule is COc1ccc(C)cc1NC(=O)NNC(=O)[C@]1(C)CC1(Cl)Cl. The van der Waals surface area contributed by atoms with Gasteiger partial charge in [-0.25, -0.2) is 10.2 Å². The number of hydrogen-bond donors (Lipinski definition) is 3. The first kappa shape index (κ1) is 16.7. The highest BCUT2D eigenvalue weighted by Gasteiger charge is 2.68. The number of rotatable bonds is 3. The molecule has 8 heteroatoms. The van der Waals surface area contributed by atoms with Crippen LogP contribution < -0.4 is 20.9 Å². The summed E-state index contributed by atoms with van der Waals surface area (Å²) in [5, 5.41) is 2.59. The van der Waals surface area contributed by atoms with Gasteiger partial charge in [-0.2, -0.15) is 0 Å². The standard InChI is InChI=1S/C14H17Cl2N3O3/c1-8-4-5-10(22-3)9(6-8)17-12(21)19-18-11(20)13(2)7-14(13,15)16/h4-6H,7H2,1-3H3,(H,18,20)(H2,17,19,21)/t13-/m0/s1. The molecule has 1 saturated carbocycles. The molecule has 0 spiro atoms. The van der Waals surface area contributed by atoms with E-state index in [0.29, 0.717) is 17.9 Å². The topological polar surface area (TPSA) is 79.5 Å². The molecule has 0 aliphatic heterocycles. The van der Waals surface area contributed by atoms with Crippen LogP contribution in [0.3, 0.4) is 0 Å². The predicted octanol–water partition coefficient (Wildman–Crippen LogP) is 2.74. The van der Waals surface area contributed by atoms with Crippen molar-refractivity contribution < 1.29 is 14.3 Å². The minimum absolute atomic E-state index is 0.337. The van der Waals surface area contributed by atoms with Crippen molar-refractivity contribution in [1.29, 1.82) is 0 Å². The van der Waals surface area contributed by atoms with Gasteiger partial charge in [0.1, 0.15) is 10.1 Å². The van der Waals surface area contributed by atoms with Gasteiger partial charge in [0, 0.05) is 0 Å². The second-order valence-electron chi connectivity index (χ2n) is 5.45. The predicted molar refractivity (Wildman–Crippen MR) is 85.2 cm³/mol. The fourth-order valence-corrected chi connectivity index (χ4v) is 2.68. The Labute approximate surface area is 138 Å². The van der Waals surface area contributed by atoms with E-state index >= 15 is 0 Å². The van der Waals surface area contributed by atoms with Crippen LogP contribution >= 0.6 is 23.2 Å². The third-order valence-electron chi connectivity index (χ3n) is 3.65. The highest BCUT2D eigenvalue weighted by molar-refractivity contribution is 6.53. The number of alkyl halides is 2. The maximum Gasteiger partial charge on any atom is 0.338 e. The molecule has 0 unspecified atom stereocenters. The number of nitrogens with one attached hydrogen (secondary N) is 3. The number of hydrogen-bond acceptors (Lipinski definition) is 3. The lowest BCUT2D eigenvalue weighted by molar-refractivity contribution is -0.126. The minimum Gasteiger partial charge on any atom is -0.495 e. The maximum atomic E-state index is 11.9. The fraction of sp³-hybridized carbons (Fsp3) is 0.429. The summed E-state index contributed by atoms with van der Waals surface area (Å²) in [5.74, 6) is 0.0746. The number of amides is 3. The number of benzene rings is 1. The summed E-state index contributed by atoms with van der Waals surface area (Å²) in [6.07, 6.45) is 0.337. The number of aryl methyl sites for hydroxylation is 1. The second-order valence-corrected chi connectivity index (χ2v) is 6.93. The van der Waals surface area contributed by atoms with E-state index in [1.807, 2.05) is 13.0 Å². The van der Waals surface area contributed by atoms with Gasteiger partial charge >= 0.3 is 6.03 Å². The molecule has 1 aliphatic carbocycles. The largest absolute Gasteiger partial charge is 0.495 e. The van der Waals surface area contributed by atoms with E-state index in [-0.39, 0.29) is 0 Å². The number of methoxy groups -OCH3 is 1. The van der Waals surface area contributed by atoms with Crippen LogP contribution in [0, 0.1) is 12.3 Å². The third kappa shape index (κ3) is 3.23. The molecular weight excluding hydrogens is 329 g/mol. The Balaban J connectivity index is 1.92. The van der Waals surface area contributed by atoms with Crippen LogP contribution in [-0.4, -0.2) is 23.4 Å². The Bertz CT molecular complexity index is 621. The highest BCUT2D eigenvalue weighted by atomic mass is 35.5. The zero-order chi connectivity index (χ0) is 16.5. The smallest absolute Gasteiger partial charge is 0.338 e. The average molecular weight is 346 g/mol. The Morgan fingerprint density at radius 3 is 2.45 bits per heavy atom. The number of carbonyl (C=O) groups is 2. The summed E-state index contributed by atoms with van der Waals surface area (Å²) >= 11 is 11.8. The number of anilines is 1. The van der Waals surface area contributed by atoms with Crippen molar-refractivity contribution in [3.63, 3.8) is 0 Å². The van der Waals surface area contributed by atoms with Crippen molar-refractivity contribution in [3.05, 3.63) is 23.8 Å². The molecule has 3 N–H and O–H groups in total. The van der Waals surface area contributed by atoms with Crippen LogP contribution in [0.25, 0.3) is 0 Å². The summed E-state index contributed by atoms with van der Waals surface area (Å²) in [4.78, 5) is 23.8. The molecule has 22 heavy (non-hydrogen) atoms. The van der Waals surface area contributed by atoms with Crippen LogP contribution in [0.1, 0.15) is 18.9 Å². The summed E-state index contributed by atoms with van der Waals surface area (Å²) < 4.78 is 4.07. The molecule has 0 bridgehead atoms. The number of carbonyl (C=O) groups excluding carboxylic acids is 2. The van der Waals surface area contributed by atoms with Crippen LogP contribution in [0.5, 0.6) is 5.75 Å². The van der Waals surface area contributed by atoms with E-state index in [4.69, 9.17) is 27.9 Å². The lowest BCUT2D eigenvalue weighted by Crippen LogP contribution is -2.47. The second kappa shape index (κ2) is 5.85. The van der Waals surface area contributed by atoms with Gasteiger partial charge in [0.05, 0.1) is 18.2 Å². The average Bonchev–Trinajstić information content (AvgIpc) is 2.96. The number of halogens is 2. The number of urea groups is 1. The summed E-state index contributed by atoms with van der Waals surface area (Å²) in [6, 6.07) is 4.75. The van der Waals surface area contributed by atoms with E-state index in [0.717, 1.165) is 5.56 Å². The molecule has 1 fully saturated rings. The summed E-state index contributed by atoms with van der Waals surface area (Å²) in [7, 11) is 1.50. The van der Waals surface area contributed by atoms with Crippen LogP contribution in [-0.2, 0) is 4.79 Å². The molecule has 6 nitrogen and oxygen atoms in total. The van der Waals surface area contributed by atoms with E-state index in [2.05, 4.69) is 16.2 Å². The van der Waals surface area contributed by atoms with Gasteiger partial charge in [-0.3, -0.25) is 10.2 Å². The van der Waals surface area contributed by atoms with Crippen molar-refractivity contribution in [3.8, 4) is 5.75 Å². The summed E-state index contributed by atoms with van der Waals surface area (Å²) in [5.41, 5.74) is 5.12. The zero-order valence-corrected chi connectivity index (χ0v) is 13.9. The van der Waals surface area contributed by atoms with E-state index in [9.17, 15) is 9.59 Å². The van der Waals surface area contributed by atoms with Crippen molar-refractivity contribution in [2.75, 3.05) is 12.4 Å². The Morgan fingerprint density at radius 2 is 1.91 bits per heavy atom. The molecule has 0 aromatic heterocycles. The minimum atomic E-state index is -1.09. The molecule has 2 rings (SSSR count). The van der Waals surface area contributed by atoms with Crippen LogP contribution in [0.4, 0.5) is 10.5 Å². The fourth-order valence-electron chi connectivity index (χ4n) is 1.97. The first-order chi connectivity index (χ1) is 10.2. The molecule has 1 aromatic carbocycles. The van der Waals surface area contributed by atoms with Gasteiger partial charge in [-0.15, -0.1) is 23.2 Å². The van der Waals surface area contributed by atoms with Crippen molar-refractivity contribution in [2.45, 2.75) is 24.6 Å². The maximum absolute atomic E-state index is 11.9. The molecule has 1 atom stereocenters. The third-order valence-corrected chi connectivity index (χ3v) is 4.75. The Hall–Kier alpha value is -1.66. The molecule has 0 saturated heterocycles. The molecule has 120 valence electrons. The Kier molecular flexibility index (Phi) is 4.44. The molecule has 1 aromatic rings. The van der Waals surface area contributed by atoms with Crippen molar-refractivity contribution >= 4 is 40.8 Å². The molecule has 1 aliphatic rings. The summed E-state index contributed by atoms with van der Waals surface area (Å²) in [6.45, 7) is 3.52. The lowest BCUT2D eigenvalue weighted by Gasteiger charge is -2.15. The Morgan fingerprint density at radius 1 is 1.27 bits per heavy atom. The normalized spacial score (nSPS) is 21.7. The van der Waals surface area contributed by atoms with Gasteiger partial charge in [0.25, 0.3) is 0 Å². The van der Waals surface area contributed by atoms with Crippen LogP contribution in [0.15, 0.2) is 18.2 Å². The highest BCUT2D eigenvalue weighted by Crippen LogP contribution is 2.63. The molecule has 0 heterocycles. The number of hydrazine groups is 1. The lowest BCUT2D eigenvalue weighted by atomic mass is 10.1. The van der Waals surface area contributed by atoms with Gasteiger partial charge in [-0.05, 0) is 38.0 Å². The van der Waals surface area contributed by atoms with Crippen molar-refractivity contribution in [2.24, 2.45) is 5.41 Å². The van der Waals surface area contributed by atoms with Gasteiger partial charge in [0.15, 0.2) is 0 Å².